The fourth-order valence-corrected chi connectivity index (χ4v) is 13.5. The first-order valence-corrected chi connectivity index (χ1v) is 47.1. The van der Waals surface area contributed by atoms with Gasteiger partial charge in [0.2, 0.25) is 0 Å². The van der Waals surface area contributed by atoms with Gasteiger partial charge in [-0.15, -0.1) is 0 Å². The van der Waals surface area contributed by atoms with E-state index in [1.807, 2.05) is 0 Å². The van der Waals surface area contributed by atoms with Crippen LogP contribution in [0.3, 0.4) is 0 Å². The number of hydrogen-bond donors (Lipinski definition) is 4. The van der Waals surface area contributed by atoms with Crippen LogP contribution in [0.4, 0.5) is 0 Å². The van der Waals surface area contributed by atoms with Crippen LogP contribution in [0.5, 0.6) is 0 Å². The van der Waals surface area contributed by atoms with Gasteiger partial charge < -0.3 is 34.2 Å². The second kappa shape index (κ2) is 84.8. The fraction of sp³-hybridized carbons (Fsp3) is 0.710. The van der Waals surface area contributed by atoms with Gasteiger partial charge in [0.05, 0.1) is 26.4 Å². The quantitative estimate of drug-likeness (QED) is 0.0146. The monoisotopic (exact) mass is 1600 g/mol. The molecule has 0 amide bonds. The molecule has 0 aliphatic carbocycles. The van der Waals surface area contributed by atoms with E-state index in [4.69, 9.17) is 32.3 Å². The fourth-order valence-electron chi connectivity index (χ4n) is 11.9. The lowest BCUT2D eigenvalue weighted by Gasteiger charge is -2.21. The highest BCUT2D eigenvalue weighted by Gasteiger charge is 2.29. The summed E-state index contributed by atoms with van der Waals surface area (Å²) in [5.41, 5.74) is 0. The van der Waals surface area contributed by atoms with Crippen molar-refractivity contribution >= 4 is 33.6 Å². The Balaban J connectivity index is 4.42. The number of phosphoric acid groups is 2. The predicted octanol–water partition coefficient (Wildman–Crippen LogP) is 26.8. The van der Waals surface area contributed by atoms with Gasteiger partial charge in [-0.05, 0) is 141 Å². The third kappa shape index (κ3) is 86.1. The van der Waals surface area contributed by atoms with Gasteiger partial charge in [0.15, 0.2) is 6.10 Å². The van der Waals surface area contributed by atoms with Gasteiger partial charge in [0.25, 0.3) is 0 Å². The highest BCUT2D eigenvalue weighted by molar-refractivity contribution is 7.47. The molecule has 0 spiro atoms. The Bertz CT molecular complexity index is 2600. The molecule has 0 fully saturated rings. The van der Waals surface area contributed by atoms with Crippen LogP contribution in [0.25, 0.3) is 0 Å². The second-order valence-corrected chi connectivity index (χ2v) is 32.2. The summed E-state index contributed by atoms with van der Waals surface area (Å²) in [6, 6.07) is 0. The van der Waals surface area contributed by atoms with Crippen molar-refractivity contribution in [1.29, 1.82) is 0 Å². The van der Waals surface area contributed by atoms with Crippen molar-refractivity contribution in [3.8, 4) is 0 Å². The molecule has 0 aromatic heterocycles. The van der Waals surface area contributed by atoms with Crippen molar-refractivity contribution in [3.05, 3.63) is 146 Å². The van der Waals surface area contributed by atoms with E-state index in [0.29, 0.717) is 19.3 Å². The van der Waals surface area contributed by atoms with E-state index in [2.05, 4.69) is 167 Å². The summed E-state index contributed by atoms with van der Waals surface area (Å²) in [5.74, 6) is -1.58. The Kier molecular flexibility index (Phi) is 81.3. The van der Waals surface area contributed by atoms with Crippen LogP contribution in [0.1, 0.15) is 367 Å². The topological polar surface area (TPSA) is 231 Å². The van der Waals surface area contributed by atoms with E-state index in [1.54, 1.807) is 0 Å². The summed E-state index contributed by atoms with van der Waals surface area (Å²) in [5, 5.41) is 20.7. The molecule has 0 aromatic carbocycles. The van der Waals surface area contributed by atoms with Crippen LogP contribution in [-0.2, 0) is 55.8 Å². The third-order valence-corrected chi connectivity index (χ3v) is 20.4. The Labute approximate surface area is 677 Å². The van der Waals surface area contributed by atoms with Crippen LogP contribution in [-0.4, -0.2) is 95.9 Å². The van der Waals surface area contributed by atoms with Crippen LogP contribution in [0.2, 0.25) is 0 Å². The van der Waals surface area contributed by atoms with E-state index < -0.39 is 91.5 Å². The number of esters is 3. The number of carbonyl (C=O) groups is 3. The number of aliphatic hydroxyl groups excluding tert-OH is 2. The van der Waals surface area contributed by atoms with E-state index in [-0.39, 0.29) is 19.3 Å². The molecule has 0 bridgehead atoms. The first-order valence-electron chi connectivity index (χ1n) is 44.1. The van der Waals surface area contributed by atoms with Crippen molar-refractivity contribution in [2.75, 3.05) is 39.6 Å². The molecule has 111 heavy (non-hydrogen) atoms. The van der Waals surface area contributed by atoms with Gasteiger partial charge in [-0.25, -0.2) is 9.13 Å². The van der Waals surface area contributed by atoms with Gasteiger partial charge in [-0.3, -0.25) is 32.5 Å². The van der Waals surface area contributed by atoms with Crippen molar-refractivity contribution < 1.29 is 75.8 Å². The number of allylic oxidation sites excluding steroid dienone is 24. The van der Waals surface area contributed by atoms with Gasteiger partial charge in [0.1, 0.15) is 25.4 Å². The molecule has 5 atom stereocenters. The summed E-state index contributed by atoms with van der Waals surface area (Å²) in [6.07, 6.45) is 106. The Morgan fingerprint density at radius 2 is 0.477 bits per heavy atom. The lowest BCUT2D eigenvalue weighted by atomic mass is 10.0. The standard InChI is InChI=1S/C93H160O16P2/c1-4-7-10-13-16-19-22-25-27-29-31-33-35-37-39-41-42-43-44-46-48-49-51-53-55-57-59-62-64-67-70-73-76-79-91(96)103-82-88(94)83-105-110(99,100)106-84-89(95)85-107-111(101,102)108-87-90(109-93(98)81-78-75-72-69-66-61-24-21-18-15-12-9-6-3)86-104-92(97)80-77-74-71-68-65-63-60-58-56-54-52-50-47-45-40-38-36-34-32-30-28-26-23-20-17-14-11-8-5-2/h7-8,10-11,16-17,19-21,24-28,31-34,37-40,42-43,88-90,94-95H,4-6,9,12-15,18,22-23,29-30,35-36,41,44-87H2,1-3H3,(H,99,100)(H,101,102)/b10-7-,11-8-,19-16-,20-17-,24-21-,27-25-,28-26-,33-31-,34-32-,39-37-,40-38-,43-42-. The van der Waals surface area contributed by atoms with E-state index in [9.17, 15) is 43.5 Å². The number of hydrogen-bond acceptors (Lipinski definition) is 14. The van der Waals surface area contributed by atoms with E-state index in [0.717, 1.165) is 167 Å². The Morgan fingerprint density at radius 3 is 0.766 bits per heavy atom. The summed E-state index contributed by atoms with van der Waals surface area (Å²) in [4.78, 5) is 58.8. The summed E-state index contributed by atoms with van der Waals surface area (Å²) in [6.45, 7) is 2.46. The lowest BCUT2D eigenvalue weighted by Crippen LogP contribution is -2.30. The molecule has 0 saturated heterocycles. The molecule has 0 heterocycles. The minimum absolute atomic E-state index is 0.0937. The summed E-state index contributed by atoms with van der Waals surface area (Å²) >= 11 is 0. The maximum atomic E-state index is 13.0. The van der Waals surface area contributed by atoms with Crippen molar-refractivity contribution in [2.45, 2.75) is 386 Å². The van der Waals surface area contributed by atoms with Crippen molar-refractivity contribution in [1.82, 2.24) is 0 Å². The molecule has 16 nitrogen and oxygen atoms in total. The minimum atomic E-state index is -4.94. The summed E-state index contributed by atoms with van der Waals surface area (Å²) in [7, 11) is -9.80. The van der Waals surface area contributed by atoms with E-state index in [1.165, 1.54) is 141 Å². The Hall–Kier alpha value is -4.57. The molecule has 5 unspecified atom stereocenters. The first-order chi connectivity index (χ1) is 54.2. The molecule has 4 N–H and O–H groups in total. The van der Waals surface area contributed by atoms with Gasteiger partial charge in [-0.2, -0.15) is 0 Å². The molecular weight excluding hydrogens is 1430 g/mol. The Morgan fingerprint density at radius 1 is 0.261 bits per heavy atom. The predicted molar refractivity (Wildman–Crippen MR) is 463 cm³/mol. The van der Waals surface area contributed by atoms with Crippen molar-refractivity contribution in [3.63, 3.8) is 0 Å². The number of carbonyl (C=O) groups excluding carboxylic acids is 3. The smallest absolute Gasteiger partial charge is 0.463 e. The zero-order chi connectivity index (χ0) is 80.8. The van der Waals surface area contributed by atoms with Gasteiger partial charge in [0, 0.05) is 19.3 Å². The number of unbranched alkanes of at least 4 members (excludes halogenated alkanes) is 36. The first kappa shape index (κ1) is 106. The normalized spacial score (nSPS) is 14.5. The maximum absolute atomic E-state index is 13.0. The van der Waals surface area contributed by atoms with Crippen LogP contribution >= 0.6 is 15.6 Å². The van der Waals surface area contributed by atoms with Gasteiger partial charge in [-0.1, -0.05) is 353 Å². The molecule has 18 heteroatoms. The molecule has 0 aliphatic rings. The van der Waals surface area contributed by atoms with Gasteiger partial charge >= 0.3 is 33.6 Å². The van der Waals surface area contributed by atoms with Crippen molar-refractivity contribution in [2.24, 2.45) is 0 Å². The number of ether oxygens (including phenoxy) is 3. The highest BCUT2D eigenvalue weighted by Crippen LogP contribution is 2.45. The number of aliphatic hydroxyl groups is 2. The third-order valence-electron chi connectivity index (χ3n) is 18.5. The largest absolute Gasteiger partial charge is 0.472 e. The summed E-state index contributed by atoms with van der Waals surface area (Å²) < 4.78 is 61.3. The lowest BCUT2D eigenvalue weighted by molar-refractivity contribution is -0.161. The average Bonchev–Trinajstić information content (AvgIpc) is 0.978. The zero-order valence-corrected chi connectivity index (χ0v) is 71.9. The number of rotatable bonds is 83. The molecule has 0 radical (unpaired) electrons. The maximum Gasteiger partial charge on any atom is 0.472 e. The number of phosphoric ester groups is 2. The average molecular weight is 1600 g/mol. The van der Waals surface area contributed by atoms with Crippen LogP contribution < -0.4 is 0 Å². The van der Waals surface area contributed by atoms with Crippen LogP contribution in [0, 0.1) is 0 Å². The molecule has 0 aromatic rings. The highest BCUT2D eigenvalue weighted by atomic mass is 31.2. The molecule has 638 valence electrons. The minimum Gasteiger partial charge on any atom is -0.463 e. The van der Waals surface area contributed by atoms with Crippen LogP contribution in [0.15, 0.2) is 146 Å². The zero-order valence-electron chi connectivity index (χ0n) is 70.1. The molecule has 0 rings (SSSR count). The SMILES string of the molecule is CC/C=C\C/C=C\C/C=C\C/C=C\C/C=C\C/C=C\CCCCCCCCCCCCCCCCC(=O)OCC(O)COP(=O)(O)OCC(O)COP(=O)(O)OCC(COC(=O)CCCCCCCCCCCCCCC/C=C\C/C=C\C/C=C\C/C=C\C/C=C\CC)OC(=O)CCCCCCC/C=C\CCCCCC. The molecule has 0 aliphatic heterocycles. The molecule has 0 saturated carbocycles. The molecular formula is C93H160O16P2. The van der Waals surface area contributed by atoms with E-state index >= 15 is 0 Å². The second-order valence-electron chi connectivity index (χ2n) is 29.3.